The number of fused-ring (bicyclic) bond motifs is 4. The molecule has 0 radical (unpaired) electrons. The number of benzene rings is 3. The number of nitrogens with zero attached hydrogens (tertiary/aromatic N) is 2. The van der Waals surface area contributed by atoms with Gasteiger partial charge in [-0.15, -0.1) is 23.2 Å². The molecule has 0 unspecified atom stereocenters. The number of methoxy groups -OCH3 is 2. The second-order valence-corrected chi connectivity index (χ2v) is 14.0. The van der Waals surface area contributed by atoms with Crippen LogP contribution in [0.15, 0.2) is 60.2 Å². The smallest absolute Gasteiger partial charge is 0.258 e. The predicted molar refractivity (Wildman–Crippen MR) is 176 cm³/mol. The molecule has 1 saturated carbocycles. The summed E-state index contributed by atoms with van der Waals surface area (Å²) in [7, 11) is 2.56. The first-order valence-electron chi connectivity index (χ1n) is 15.7. The van der Waals surface area contributed by atoms with Gasteiger partial charge in [-0.1, -0.05) is 42.0 Å². The van der Waals surface area contributed by atoms with Crippen LogP contribution in [0.4, 0.5) is 33.3 Å². The number of anilines is 2. The minimum absolute atomic E-state index is 0.0126. The molecule has 3 aromatic carbocycles. The number of phenols is 1. The van der Waals surface area contributed by atoms with E-state index in [0.29, 0.717) is 5.56 Å². The fourth-order valence-corrected chi connectivity index (χ4v) is 8.75. The number of rotatable bonds is 6. The number of allylic oxidation sites excluding steroid dienone is 3. The highest BCUT2D eigenvalue weighted by atomic mass is 35.5. The van der Waals surface area contributed by atoms with Crippen molar-refractivity contribution in [2.24, 2.45) is 23.7 Å². The van der Waals surface area contributed by atoms with Gasteiger partial charge in [0.25, 0.3) is 11.8 Å². The van der Waals surface area contributed by atoms with Gasteiger partial charge in [-0.3, -0.25) is 24.1 Å². The molecule has 16 heteroatoms. The number of aromatic hydroxyl groups is 1. The van der Waals surface area contributed by atoms with E-state index in [4.69, 9.17) is 32.7 Å². The molecule has 2 aliphatic heterocycles. The van der Waals surface area contributed by atoms with Crippen LogP contribution < -0.4 is 19.3 Å². The van der Waals surface area contributed by atoms with Crippen molar-refractivity contribution in [2.45, 2.75) is 22.6 Å². The molecule has 2 aliphatic carbocycles. The highest BCUT2D eigenvalue weighted by Crippen LogP contribution is 2.64. The van der Waals surface area contributed by atoms with E-state index in [-0.39, 0.29) is 39.8 Å². The number of carbonyl (C=O) groups excluding carboxylic acids is 4. The van der Waals surface area contributed by atoms with E-state index in [1.807, 2.05) is 0 Å². The molecule has 1 N–H and O–H groups in total. The first-order valence-corrected chi connectivity index (χ1v) is 16.4. The lowest BCUT2D eigenvalue weighted by molar-refractivity contribution is -0.125. The number of halogens is 7. The molecule has 0 spiro atoms. The fourth-order valence-electron chi connectivity index (χ4n) is 7.86. The molecule has 7 rings (SSSR count). The van der Waals surface area contributed by atoms with Crippen molar-refractivity contribution in [2.75, 3.05) is 24.0 Å². The summed E-state index contributed by atoms with van der Waals surface area (Å²) >= 11 is 14.2. The van der Waals surface area contributed by atoms with Crippen LogP contribution in [0.5, 0.6) is 17.2 Å². The van der Waals surface area contributed by atoms with E-state index in [9.17, 15) is 37.5 Å². The average molecular weight is 763 g/mol. The Labute approximate surface area is 301 Å². The van der Waals surface area contributed by atoms with Crippen LogP contribution in [-0.2, 0) is 19.2 Å². The van der Waals surface area contributed by atoms with Gasteiger partial charge < -0.3 is 14.6 Å². The lowest BCUT2D eigenvalue weighted by Gasteiger charge is -2.49. The number of amides is 4. The normalized spacial score (nSPS) is 28.3. The van der Waals surface area contributed by atoms with Gasteiger partial charge in [0, 0.05) is 5.92 Å². The maximum atomic E-state index is 15.2. The summed E-state index contributed by atoms with van der Waals surface area (Å²) in [5.41, 5.74) is -1.02. The summed E-state index contributed by atoms with van der Waals surface area (Å²) in [6.45, 7) is 0. The van der Waals surface area contributed by atoms with Gasteiger partial charge in [0.05, 0.1) is 31.7 Å². The van der Waals surface area contributed by atoms with Crippen molar-refractivity contribution in [1.82, 2.24) is 0 Å². The van der Waals surface area contributed by atoms with Gasteiger partial charge in [-0.05, 0) is 48.6 Å². The quantitative estimate of drug-likeness (QED) is 0.0771. The molecule has 2 saturated heterocycles. The minimum Gasteiger partial charge on any atom is -0.502 e. The molecule has 6 atom stereocenters. The number of hydrogen-bond donors (Lipinski definition) is 1. The van der Waals surface area contributed by atoms with Gasteiger partial charge >= 0.3 is 0 Å². The van der Waals surface area contributed by atoms with Crippen LogP contribution in [0.1, 0.15) is 18.4 Å². The van der Waals surface area contributed by atoms with Crippen LogP contribution in [0, 0.1) is 52.8 Å². The summed E-state index contributed by atoms with van der Waals surface area (Å²) in [6.07, 6.45) is 3.66. The predicted octanol–water partition coefficient (Wildman–Crippen LogP) is 6.42. The molecule has 2 heterocycles. The molecule has 270 valence electrons. The van der Waals surface area contributed by atoms with Crippen molar-refractivity contribution in [3.05, 3.63) is 94.8 Å². The second kappa shape index (κ2) is 12.3. The Hall–Kier alpha value is -4.95. The SMILES string of the molecule is COc1cc(C=C[C@H]2C3=CC[C@@H]4C(=O)N(c5ccccc5)C(=O)[C@@H]4[C@@H]3C[C@@]3(Cl)C(=O)N(c4c(F)c(F)c(F)c(F)c4F)C(=O)[C@@]23Cl)cc(OC)c1O. The van der Waals surface area contributed by atoms with Crippen molar-refractivity contribution in [3.8, 4) is 17.2 Å². The highest BCUT2D eigenvalue weighted by Gasteiger charge is 2.76. The first-order chi connectivity index (χ1) is 24.6. The standard InChI is InChI=1S/C36H25Cl2F5N2O7/c1-51-21-12-15(13-22(52-2)30(21)46)8-11-20-17-9-10-18-23(32(48)44(31(18)47)16-6-4-3-5-7-16)19(17)14-35(37)33(49)45(34(50)36(20,35)38)29-27(42)25(40)24(39)26(41)28(29)43/h3-9,11-13,18-20,23,46H,10,14H2,1-2H3/t18-,19+,20-,23-,35+,36-/m0/s1. The number of carbonyl (C=O) groups is 4. The molecule has 3 aromatic rings. The molecule has 4 amide bonds. The second-order valence-electron chi connectivity index (χ2n) is 12.7. The maximum Gasteiger partial charge on any atom is 0.258 e. The number of ether oxygens (including phenoxy) is 2. The molecular weight excluding hydrogens is 738 g/mol. The summed E-state index contributed by atoms with van der Waals surface area (Å²) in [5.74, 6) is -21.7. The average Bonchev–Trinajstić information content (AvgIpc) is 3.48. The van der Waals surface area contributed by atoms with Crippen molar-refractivity contribution >= 4 is 64.3 Å². The molecule has 3 fully saturated rings. The lowest BCUT2D eigenvalue weighted by Crippen LogP contribution is -2.60. The van der Waals surface area contributed by atoms with Gasteiger partial charge in [0.2, 0.25) is 23.4 Å². The number of alkyl halides is 2. The number of hydrogen-bond acceptors (Lipinski definition) is 7. The Morgan fingerprint density at radius 1 is 0.808 bits per heavy atom. The molecular formula is C36H25Cl2F5N2O7. The Balaban J connectivity index is 1.41. The third-order valence-corrected chi connectivity index (χ3v) is 11.7. The Bertz CT molecular complexity index is 2110. The van der Waals surface area contributed by atoms with Crippen molar-refractivity contribution < 1.29 is 55.7 Å². The minimum atomic E-state index is -2.67. The van der Waals surface area contributed by atoms with E-state index < -0.39 is 98.2 Å². The van der Waals surface area contributed by atoms with Crippen LogP contribution in [0.25, 0.3) is 6.08 Å². The lowest BCUT2D eigenvalue weighted by atomic mass is 9.57. The van der Waals surface area contributed by atoms with Crippen LogP contribution in [0.3, 0.4) is 0 Å². The van der Waals surface area contributed by atoms with Gasteiger partial charge in [0.1, 0.15) is 5.69 Å². The zero-order valence-electron chi connectivity index (χ0n) is 26.9. The zero-order valence-corrected chi connectivity index (χ0v) is 28.4. The van der Waals surface area contributed by atoms with Crippen molar-refractivity contribution in [1.29, 1.82) is 0 Å². The van der Waals surface area contributed by atoms with E-state index in [1.54, 1.807) is 36.4 Å². The van der Waals surface area contributed by atoms with E-state index in [1.165, 1.54) is 38.5 Å². The molecule has 52 heavy (non-hydrogen) atoms. The molecule has 4 aliphatic rings. The third-order valence-electron chi connectivity index (χ3n) is 10.3. The molecule has 0 bridgehead atoms. The van der Waals surface area contributed by atoms with E-state index >= 15 is 8.78 Å². The number of para-hydroxylation sites is 1. The number of imide groups is 2. The van der Waals surface area contributed by atoms with Gasteiger partial charge in [-0.2, -0.15) is 0 Å². The van der Waals surface area contributed by atoms with Crippen LogP contribution in [-0.4, -0.2) is 52.7 Å². The van der Waals surface area contributed by atoms with Gasteiger partial charge in [-0.25, -0.2) is 26.9 Å². The summed E-state index contributed by atoms with van der Waals surface area (Å²) < 4.78 is 83.8. The van der Waals surface area contributed by atoms with Crippen LogP contribution in [0.2, 0.25) is 0 Å². The number of phenolic OH excluding ortho intramolecular Hbond substituents is 1. The molecule has 9 nitrogen and oxygen atoms in total. The summed E-state index contributed by atoms with van der Waals surface area (Å²) in [5, 5.41) is 10.4. The molecule has 0 aromatic heterocycles. The van der Waals surface area contributed by atoms with Crippen LogP contribution >= 0.6 is 23.2 Å². The van der Waals surface area contributed by atoms with Gasteiger partial charge in [0.15, 0.2) is 44.5 Å². The Morgan fingerprint density at radius 2 is 1.38 bits per heavy atom. The highest BCUT2D eigenvalue weighted by molar-refractivity contribution is 6.58. The largest absolute Gasteiger partial charge is 0.502 e. The Kier molecular flexibility index (Phi) is 8.41. The maximum absolute atomic E-state index is 15.2. The van der Waals surface area contributed by atoms with E-state index in [2.05, 4.69) is 0 Å². The fraction of sp³-hybridized carbons (Fsp3) is 0.278. The van der Waals surface area contributed by atoms with Crippen molar-refractivity contribution in [3.63, 3.8) is 0 Å². The topological polar surface area (TPSA) is 113 Å². The third kappa shape index (κ3) is 4.65. The Morgan fingerprint density at radius 3 is 1.96 bits per heavy atom. The summed E-state index contributed by atoms with van der Waals surface area (Å²) in [6, 6.07) is 10.8. The van der Waals surface area contributed by atoms with E-state index in [0.717, 1.165) is 4.90 Å². The summed E-state index contributed by atoms with van der Waals surface area (Å²) in [4.78, 5) is 51.9. The zero-order chi connectivity index (χ0) is 37.6. The first kappa shape index (κ1) is 35.5. The monoisotopic (exact) mass is 762 g/mol.